The van der Waals surface area contributed by atoms with Gasteiger partial charge in [-0.1, -0.05) is 26.7 Å². The summed E-state index contributed by atoms with van der Waals surface area (Å²) in [5, 5.41) is 0. The Balaban J connectivity index is 0. The lowest BCUT2D eigenvalue weighted by atomic mass is 9.88. The fraction of sp³-hybridized carbons (Fsp3) is 0.941. The number of hydrogen-bond acceptors (Lipinski definition) is 4. The van der Waals surface area contributed by atoms with Crippen molar-refractivity contribution in [3.8, 4) is 0 Å². The topological polar surface area (TPSA) is 52.6 Å². The number of carbonyl (C=O) groups excluding carboxylic acids is 2. The molecule has 0 spiro atoms. The Bertz CT molecular complexity index is 761. The molecule has 2 saturated heterocycles. The normalized spacial score (nSPS) is 20.1. The van der Waals surface area contributed by atoms with Crippen LogP contribution in [0.1, 0.15) is 80.1 Å². The SMILES string of the molecule is CCCC(C)(C)C(=O)OCCC[N+]1(C)CC[N+](C)(C)CC1.CCCC(C)(C)C(=O)OCCC[N+]1(C)CC[N+](C)(C)CC1.[I-].[I-]. The highest BCUT2D eigenvalue weighted by molar-refractivity contribution is 5.76. The zero-order chi connectivity index (χ0) is 32.3. The molecule has 0 aromatic rings. The Hall–Kier alpha value is 0.240. The van der Waals surface area contributed by atoms with Gasteiger partial charge in [0.25, 0.3) is 0 Å². The van der Waals surface area contributed by atoms with Gasteiger partial charge in [0.15, 0.2) is 0 Å². The molecule has 0 saturated carbocycles. The molecule has 0 aliphatic carbocycles. The number of quaternary nitrogens is 4. The molecule has 0 bridgehead atoms. The van der Waals surface area contributed by atoms with Gasteiger partial charge in [0.05, 0.1) is 79.4 Å². The smallest absolute Gasteiger partial charge is 0.311 e. The zero-order valence-electron chi connectivity index (χ0n) is 30.9. The van der Waals surface area contributed by atoms with Crippen LogP contribution in [-0.4, -0.2) is 151 Å². The lowest BCUT2D eigenvalue weighted by molar-refractivity contribution is -1.01. The van der Waals surface area contributed by atoms with E-state index in [9.17, 15) is 9.59 Å². The molecular formula is C34H72I2N4O4+2. The van der Waals surface area contributed by atoms with Crippen molar-refractivity contribution in [1.29, 1.82) is 0 Å². The van der Waals surface area contributed by atoms with Crippen molar-refractivity contribution in [2.75, 3.05) is 121 Å². The van der Waals surface area contributed by atoms with Gasteiger partial charge in [0.2, 0.25) is 0 Å². The van der Waals surface area contributed by atoms with Gasteiger partial charge in [-0.3, -0.25) is 9.59 Å². The first kappa shape index (κ1) is 46.4. The Morgan fingerprint density at radius 2 is 0.818 bits per heavy atom. The number of likely N-dealkylation sites (N-methyl/N-ethyl adjacent to an activating group) is 4. The predicted molar refractivity (Wildman–Crippen MR) is 174 cm³/mol. The Kier molecular flexibility index (Phi) is 21.0. The minimum atomic E-state index is -0.333. The van der Waals surface area contributed by atoms with E-state index in [-0.39, 0.29) is 70.7 Å². The third-order valence-corrected chi connectivity index (χ3v) is 9.99. The second-order valence-corrected chi connectivity index (χ2v) is 16.6. The Morgan fingerprint density at radius 3 is 1.07 bits per heavy atom. The zero-order valence-corrected chi connectivity index (χ0v) is 35.2. The standard InChI is InChI=1S/2C17H36N2O2.2HI/c2*1-7-9-17(2,3)16(20)21-15-8-10-19(6)13-11-18(4,5)12-14-19;;/h2*7-15H2,1-6H3;2*1H/q2*+2;;/p-2. The fourth-order valence-corrected chi connectivity index (χ4v) is 6.01. The molecule has 0 unspecified atom stereocenters. The molecule has 8 nitrogen and oxygen atoms in total. The minimum absolute atomic E-state index is 0. The monoisotopic (exact) mass is 854 g/mol. The first-order valence-corrected chi connectivity index (χ1v) is 16.9. The molecule has 2 rings (SSSR count). The van der Waals surface area contributed by atoms with Gasteiger partial charge in [-0.15, -0.1) is 0 Å². The average Bonchev–Trinajstić information content (AvgIpc) is 2.89. The van der Waals surface area contributed by atoms with Crippen LogP contribution >= 0.6 is 0 Å². The van der Waals surface area contributed by atoms with E-state index in [4.69, 9.17) is 9.47 Å². The third-order valence-electron chi connectivity index (χ3n) is 9.99. The highest BCUT2D eigenvalue weighted by atomic mass is 127. The molecule has 0 atom stereocenters. The van der Waals surface area contributed by atoms with Crippen molar-refractivity contribution < 1.29 is 84.9 Å². The highest BCUT2D eigenvalue weighted by Gasteiger charge is 2.35. The van der Waals surface area contributed by atoms with E-state index >= 15 is 0 Å². The van der Waals surface area contributed by atoms with E-state index in [0.717, 1.165) is 69.5 Å². The molecule has 0 aromatic heterocycles. The van der Waals surface area contributed by atoms with Crippen LogP contribution in [0.15, 0.2) is 0 Å². The summed E-state index contributed by atoms with van der Waals surface area (Å²) in [6, 6.07) is 0. The quantitative estimate of drug-likeness (QED) is 0.0933. The van der Waals surface area contributed by atoms with Crippen molar-refractivity contribution >= 4 is 11.9 Å². The molecule has 44 heavy (non-hydrogen) atoms. The highest BCUT2D eigenvalue weighted by Crippen LogP contribution is 2.25. The minimum Gasteiger partial charge on any atom is -1.00 e. The maximum atomic E-state index is 12.0. The number of nitrogens with zero attached hydrogens (tertiary/aromatic N) is 4. The van der Waals surface area contributed by atoms with E-state index < -0.39 is 0 Å². The number of carbonyl (C=O) groups is 2. The number of halogens is 2. The summed E-state index contributed by atoms with van der Waals surface area (Å²) in [5.41, 5.74) is -0.667. The van der Waals surface area contributed by atoms with Gasteiger partial charge in [0.1, 0.15) is 52.4 Å². The fourth-order valence-electron chi connectivity index (χ4n) is 6.01. The molecule has 0 radical (unpaired) electrons. The third kappa shape index (κ3) is 17.4. The molecule has 2 fully saturated rings. The summed E-state index contributed by atoms with van der Waals surface area (Å²) in [6.07, 6.45) is 5.77. The second kappa shape index (κ2) is 19.9. The van der Waals surface area contributed by atoms with E-state index in [1.807, 2.05) is 27.7 Å². The lowest BCUT2D eigenvalue weighted by Crippen LogP contribution is -3.00. The van der Waals surface area contributed by atoms with Crippen LogP contribution in [0.25, 0.3) is 0 Å². The first-order chi connectivity index (χ1) is 19.2. The van der Waals surface area contributed by atoms with Crippen molar-refractivity contribution in [3.63, 3.8) is 0 Å². The Labute approximate surface area is 306 Å². The summed E-state index contributed by atoms with van der Waals surface area (Å²) in [6.45, 7) is 25.4. The number of ether oxygens (including phenoxy) is 2. The van der Waals surface area contributed by atoms with Gasteiger partial charge in [-0.05, 0) is 40.5 Å². The first-order valence-electron chi connectivity index (χ1n) is 16.9. The molecular weight excluding hydrogens is 782 g/mol. The van der Waals surface area contributed by atoms with Gasteiger partial charge in [-0.2, -0.15) is 0 Å². The molecule has 2 heterocycles. The summed E-state index contributed by atoms with van der Waals surface area (Å²) in [7, 11) is 13.9. The van der Waals surface area contributed by atoms with Crippen molar-refractivity contribution in [3.05, 3.63) is 0 Å². The number of hydrogen-bond donors (Lipinski definition) is 0. The van der Waals surface area contributed by atoms with Crippen LogP contribution in [0, 0.1) is 10.8 Å². The maximum Gasteiger partial charge on any atom is 0.311 e. The van der Waals surface area contributed by atoms with Gasteiger partial charge < -0.3 is 75.4 Å². The summed E-state index contributed by atoms with van der Waals surface area (Å²) >= 11 is 0. The maximum absolute atomic E-state index is 12.0. The number of rotatable bonds is 14. The molecule has 0 amide bonds. The van der Waals surface area contributed by atoms with E-state index in [0.29, 0.717) is 13.2 Å². The number of piperazine rings is 2. The van der Waals surface area contributed by atoms with Gasteiger partial charge >= 0.3 is 11.9 Å². The number of esters is 2. The van der Waals surface area contributed by atoms with Crippen molar-refractivity contribution in [2.24, 2.45) is 10.8 Å². The van der Waals surface area contributed by atoms with Crippen molar-refractivity contribution in [1.82, 2.24) is 0 Å². The molecule has 0 aromatic carbocycles. The van der Waals surface area contributed by atoms with Crippen LogP contribution in [0.5, 0.6) is 0 Å². The van der Waals surface area contributed by atoms with Crippen LogP contribution in [-0.2, 0) is 19.1 Å². The van der Waals surface area contributed by atoms with E-state index in [1.165, 1.54) is 52.4 Å². The van der Waals surface area contributed by atoms with Gasteiger partial charge in [-0.25, -0.2) is 0 Å². The Morgan fingerprint density at radius 1 is 0.545 bits per heavy atom. The lowest BCUT2D eigenvalue weighted by Gasteiger charge is -2.44. The van der Waals surface area contributed by atoms with E-state index in [1.54, 1.807) is 0 Å². The van der Waals surface area contributed by atoms with Gasteiger partial charge in [0, 0.05) is 12.8 Å². The average molecular weight is 855 g/mol. The van der Waals surface area contributed by atoms with Crippen molar-refractivity contribution in [2.45, 2.75) is 80.1 Å². The summed E-state index contributed by atoms with van der Waals surface area (Å²) in [4.78, 5) is 24.1. The molecule has 10 heteroatoms. The van der Waals surface area contributed by atoms with Crippen LogP contribution < -0.4 is 48.0 Å². The van der Waals surface area contributed by atoms with Crippen LogP contribution in [0.3, 0.4) is 0 Å². The summed E-state index contributed by atoms with van der Waals surface area (Å²) < 4.78 is 15.5. The summed E-state index contributed by atoms with van der Waals surface area (Å²) in [5.74, 6) is -0.0769. The largest absolute Gasteiger partial charge is 1.00 e. The van der Waals surface area contributed by atoms with Crippen LogP contribution in [0.2, 0.25) is 0 Å². The molecule has 2 aliphatic heterocycles. The molecule has 2 aliphatic rings. The van der Waals surface area contributed by atoms with Crippen LogP contribution in [0.4, 0.5) is 0 Å². The molecule has 264 valence electrons. The predicted octanol–water partition coefficient (Wildman–Crippen LogP) is -1.43. The molecule has 0 N–H and O–H groups in total. The van der Waals surface area contributed by atoms with E-state index in [2.05, 4.69) is 56.1 Å². The second-order valence-electron chi connectivity index (χ2n) is 16.6.